The lowest BCUT2D eigenvalue weighted by atomic mass is 9.90. The lowest BCUT2D eigenvalue weighted by Gasteiger charge is -2.40. The van der Waals surface area contributed by atoms with Crippen LogP contribution in [0.1, 0.15) is 65.0 Å². The molecule has 194 valence electrons. The molecule has 7 nitrogen and oxygen atoms in total. The van der Waals surface area contributed by atoms with Crippen molar-refractivity contribution < 1.29 is 18.8 Å². The Balaban J connectivity index is 1.54. The van der Waals surface area contributed by atoms with Gasteiger partial charge >= 0.3 is 0 Å². The zero-order valence-electron chi connectivity index (χ0n) is 21.3. The number of para-hydroxylation sites is 1. The molecule has 0 N–H and O–H groups in total. The number of carbonyl (C=O) groups is 2. The minimum absolute atomic E-state index is 0.0408. The highest BCUT2D eigenvalue weighted by atomic mass is 35.5. The Morgan fingerprint density at radius 3 is 2.49 bits per heavy atom. The highest BCUT2D eigenvalue weighted by Gasteiger charge is 2.38. The van der Waals surface area contributed by atoms with Gasteiger partial charge in [-0.15, -0.1) is 0 Å². The molecule has 37 heavy (non-hydrogen) atoms. The highest BCUT2D eigenvalue weighted by molar-refractivity contribution is 6.33. The summed E-state index contributed by atoms with van der Waals surface area (Å²) in [4.78, 5) is 31.1. The zero-order valence-corrected chi connectivity index (χ0v) is 22.0. The zero-order chi connectivity index (χ0) is 25.9. The van der Waals surface area contributed by atoms with E-state index < -0.39 is 0 Å². The van der Waals surface area contributed by atoms with Crippen LogP contribution in [0, 0.1) is 6.92 Å². The summed E-state index contributed by atoms with van der Waals surface area (Å²) >= 11 is 6.48. The molecular formula is C29H32ClN3O4. The average Bonchev–Trinajstić information content (AvgIpc) is 3.29. The normalized spacial score (nSPS) is 20.8. The SMILES string of the molecule is Cc1onc(-c2ccccc2Cl)c1C(=O)N1CCCCN(C)C(=O)c2ccccc2O[C@H]2CCCC[C@H]21. The molecule has 1 aliphatic carbocycles. The van der Waals surface area contributed by atoms with Gasteiger partial charge in [0.25, 0.3) is 11.8 Å². The summed E-state index contributed by atoms with van der Waals surface area (Å²) in [5.74, 6) is 0.877. The summed E-state index contributed by atoms with van der Waals surface area (Å²) in [6, 6.07) is 14.6. The molecule has 0 saturated heterocycles. The molecule has 2 atom stereocenters. The lowest BCUT2D eigenvalue weighted by molar-refractivity contribution is 0.0260. The summed E-state index contributed by atoms with van der Waals surface area (Å²) < 4.78 is 12.1. The molecule has 1 aliphatic heterocycles. The number of halogens is 1. The Morgan fingerprint density at radius 2 is 1.68 bits per heavy atom. The number of hydrogen-bond acceptors (Lipinski definition) is 5. The number of aryl methyl sites for hydroxylation is 1. The standard InChI is InChI=1S/C29H32ClN3O4/c1-19-26(27(31-37-19)20-11-3-5-13-22(20)30)29(35)33-18-10-9-17-32(2)28(34)21-12-4-7-15-24(21)36-25-16-8-6-14-23(25)33/h3-5,7,11-13,15,23,25H,6,8-10,14,16-18H2,1-2H3/t23-,25+/m1/s1. The number of hydrogen-bond donors (Lipinski definition) is 0. The van der Waals surface area contributed by atoms with Crippen LogP contribution in [0.4, 0.5) is 0 Å². The molecular weight excluding hydrogens is 490 g/mol. The third-order valence-corrected chi connectivity index (χ3v) is 7.75. The van der Waals surface area contributed by atoms with Gasteiger partial charge in [-0.3, -0.25) is 9.59 Å². The summed E-state index contributed by atoms with van der Waals surface area (Å²) in [5.41, 5.74) is 2.13. The van der Waals surface area contributed by atoms with Crippen molar-refractivity contribution in [1.29, 1.82) is 0 Å². The topological polar surface area (TPSA) is 75.9 Å². The third kappa shape index (κ3) is 5.10. The van der Waals surface area contributed by atoms with E-state index in [1.807, 2.05) is 54.4 Å². The van der Waals surface area contributed by atoms with Crippen molar-refractivity contribution in [2.24, 2.45) is 0 Å². The van der Waals surface area contributed by atoms with Crippen molar-refractivity contribution >= 4 is 23.4 Å². The van der Waals surface area contributed by atoms with Crippen LogP contribution in [0.5, 0.6) is 5.75 Å². The van der Waals surface area contributed by atoms with Gasteiger partial charge < -0.3 is 19.1 Å². The van der Waals surface area contributed by atoms with Crippen LogP contribution in [-0.4, -0.2) is 59.1 Å². The number of carbonyl (C=O) groups excluding carboxylic acids is 2. The van der Waals surface area contributed by atoms with Gasteiger partial charge in [-0.05, 0) is 57.2 Å². The molecule has 5 rings (SSSR count). The average molecular weight is 522 g/mol. The van der Waals surface area contributed by atoms with Crippen molar-refractivity contribution in [2.45, 2.75) is 57.6 Å². The molecule has 1 aromatic heterocycles. The van der Waals surface area contributed by atoms with E-state index in [0.29, 0.717) is 52.0 Å². The van der Waals surface area contributed by atoms with Gasteiger partial charge in [0.1, 0.15) is 28.9 Å². The van der Waals surface area contributed by atoms with Crippen molar-refractivity contribution in [3.63, 3.8) is 0 Å². The van der Waals surface area contributed by atoms with Crippen LogP contribution in [-0.2, 0) is 0 Å². The Labute approximate surface area is 222 Å². The Morgan fingerprint density at radius 1 is 0.973 bits per heavy atom. The predicted octanol–water partition coefficient (Wildman–Crippen LogP) is 6.00. The first-order valence-electron chi connectivity index (χ1n) is 13.0. The molecule has 2 heterocycles. The molecule has 0 bridgehead atoms. The fourth-order valence-electron chi connectivity index (χ4n) is 5.44. The van der Waals surface area contributed by atoms with E-state index in [-0.39, 0.29) is 24.0 Å². The molecule has 0 radical (unpaired) electrons. The largest absolute Gasteiger partial charge is 0.487 e. The maximum Gasteiger partial charge on any atom is 0.260 e. The van der Waals surface area contributed by atoms with Crippen LogP contribution >= 0.6 is 11.6 Å². The summed E-state index contributed by atoms with van der Waals surface area (Å²) in [5, 5.41) is 4.75. The van der Waals surface area contributed by atoms with Crippen LogP contribution in [0.3, 0.4) is 0 Å². The van der Waals surface area contributed by atoms with Crippen molar-refractivity contribution in [3.8, 4) is 17.0 Å². The molecule has 1 saturated carbocycles. The smallest absolute Gasteiger partial charge is 0.260 e. The van der Waals surface area contributed by atoms with Gasteiger partial charge in [0.05, 0.1) is 16.6 Å². The van der Waals surface area contributed by atoms with Gasteiger partial charge in [0.2, 0.25) is 0 Å². The molecule has 8 heteroatoms. The van der Waals surface area contributed by atoms with E-state index in [2.05, 4.69) is 5.16 Å². The molecule has 0 spiro atoms. The van der Waals surface area contributed by atoms with Crippen molar-refractivity contribution in [2.75, 3.05) is 20.1 Å². The van der Waals surface area contributed by atoms with E-state index in [0.717, 1.165) is 38.5 Å². The fourth-order valence-corrected chi connectivity index (χ4v) is 5.67. The first-order chi connectivity index (χ1) is 18.0. The van der Waals surface area contributed by atoms with Gasteiger partial charge in [-0.25, -0.2) is 0 Å². The van der Waals surface area contributed by atoms with Crippen LogP contribution in [0.2, 0.25) is 5.02 Å². The molecule has 1 fully saturated rings. The number of ether oxygens (including phenoxy) is 1. The summed E-state index contributed by atoms with van der Waals surface area (Å²) in [6.07, 6.45) is 4.99. The van der Waals surface area contributed by atoms with E-state index in [9.17, 15) is 9.59 Å². The van der Waals surface area contributed by atoms with E-state index >= 15 is 0 Å². The molecule has 2 aliphatic rings. The van der Waals surface area contributed by atoms with Crippen LogP contribution in [0.15, 0.2) is 53.1 Å². The van der Waals surface area contributed by atoms with Crippen LogP contribution < -0.4 is 4.74 Å². The second kappa shape index (κ2) is 11.0. The number of nitrogens with zero attached hydrogens (tertiary/aromatic N) is 3. The number of amides is 2. The first-order valence-corrected chi connectivity index (χ1v) is 13.4. The number of fused-ring (bicyclic) bond motifs is 2. The van der Waals surface area contributed by atoms with E-state index in [1.54, 1.807) is 17.9 Å². The fraction of sp³-hybridized carbons (Fsp3) is 0.414. The van der Waals surface area contributed by atoms with Gasteiger partial charge in [-0.1, -0.05) is 53.5 Å². The molecule has 3 aromatic rings. The summed E-state index contributed by atoms with van der Waals surface area (Å²) in [6.45, 7) is 2.92. The van der Waals surface area contributed by atoms with Gasteiger partial charge in [0.15, 0.2) is 0 Å². The molecule has 2 aromatic carbocycles. The van der Waals surface area contributed by atoms with Crippen molar-refractivity contribution in [3.05, 3.63) is 70.4 Å². The Bertz CT molecular complexity index is 1290. The number of benzene rings is 2. The maximum atomic E-state index is 14.3. The third-order valence-electron chi connectivity index (χ3n) is 7.42. The maximum absolute atomic E-state index is 14.3. The van der Waals surface area contributed by atoms with E-state index in [1.165, 1.54) is 0 Å². The molecule has 0 unspecified atom stereocenters. The monoisotopic (exact) mass is 521 g/mol. The highest BCUT2D eigenvalue weighted by Crippen LogP contribution is 2.35. The number of rotatable bonds is 2. The quantitative estimate of drug-likeness (QED) is 0.413. The van der Waals surface area contributed by atoms with Crippen LogP contribution in [0.25, 0.3) is 11.3 Å². The second-order valence-electron chi connectivity index (χ2n) is 9.88. The molecule has 2 amide bonds. The second-order valence-corrected chi connectivity index (χ2v) is 10.3. The van der Waals surface area contributed by atoms with Crippen molar-refractivity contribution in [1.82, 2.24) is 15.0 Å². The lowest BCUT2D eigenvalue weighted by Crippen LogP contribution is -2.51. The number of aromatic nitrogens is 1. The minimum atomic E-state index is -0.222. The van der Waals surface area contributed by atoms with E-state index in [4.69, 9.17) is 20.9 Å². The minimum Gasteiger partial charge on any atom is -0.487 e. The van der Waals surface area contributed by atoms with Gasteiger partial charge in [0, 0.05) is 25.7 Å². The Hall–Kier alpha value is -3.32. The predicted molar refractivity (Wildman–Crippen MR) is 142 cm³/mol. The first kappa shape index (κ1) is 25.3. The summed E-state index contributed by atoms with van der Waals surface area (Å²) in [7, 11) is 1.81. The van der Waals surface area contributed by atoms with Gasteiger partial charge in [-0.2, -0.15) is 0 Å². The Kier molecular flexibility index (Phi) is 7.51.